The summed E-state index contributed by atoms with van der Waals surface area (Å²) in [6.07, 6.45) is 3.28. The Hall–Kier alpha value is -1.95. The zero-order valence-electron chi connectivity index (χ0n) is 11.5. The van der Waals surface area contributed by atoms with Crippen LogP contribution in [-0.2, 0) is 16.1 Å². The van der Waals surface area contributed by atoms with Gasteiger partial charge in [0.25, 0.3) is 0 Å². The van der Waals surface area contributed by atoms with E-state index in [0.717, 1.165) is 5.56 Å². The van der Waals surface area contributed by atoms with Gasteiger partial charge in [-0.1, -0.05) is 6.07 Å². The molecule has 108 valence electrons. The van der Waals surface area contributed by atoms with Gasteiger partial charge in [0.15, 0.2) is 0 Å². The monoisotopic (exact) mass is 277 g/mol. The number of hydrogen-bond donors (Lipinski definition) is 1. The van der Waals surface area contributed by atoms with Crippen LogP contribution in [0.1, 0.15) is 18.9 Å². The van der Waals surface area contributed by atoms with Crippen LogP contribution < -0.4 is 0 Å². The van der Waals surface area contributed by atoms with Crippen molar-refractivity contribution >= 4 is 11.9 Å². The third kappa shape index (κ3) is 3.33. The van der Waals surface area contributed by atoms with Crippen molar-refractivity contribution in [3.63, 3.8) is 0 Å². The number of amides is 1. The Balaban J connectivity index is 2.13. The van der Waals surface area contributed by atoms with Crippen LogP contribution in [0.3, 0.4) is 0 Å². The molecule has 6 heteroatoms. The molecule has 2 heterocycles. The first-order valence-electron chi connectivity index (χ1n) is 6.75. The summed E-state index contributed by atoms with van der Waals surface area (Å²) < 4.78 is 0. The zero-order chi connectivity index (χ0) is 14.5. The second kappa shape index (κ2) is 6.47. The van der Waals surface area contributed by atoms with Gasteiger partial charge in [-0.15, -0.1) is 0 Å². The highest BCUT2D eigenvalue weighted by Gasteiger charge is 2.35. The smallest absolute Gasteiger partial charge is 0.305 e. The molecule has 20 heavy (non-hydrogen) atoms. The molecule has 1 fully saturated rings. The van der Waals surface area contributed by atoms with Crippen LogP contribution in [0.2, 0.25) is 0 Å². The lowest BCUT2D eigenvalue weighted by atomic mass is 10.1. The minimum Gasteiger partial charge on any atom is -0.481 e. The first-order chi connectivity index (χ1) is 9.61. The molecule has 0 saturated carbocycles. The Morgan fingerprint density at radius 2 is 2.30 bits per heavy atom. The van der Waals surface area contributed by atoms with Crippen molar-refractivity contribution in [2.75, 3.05) is 19.6 Å². The van der Waals surface area contributed by atoms with Gasteiger partial charge in [0.1, 0.15) is 6.04 Å². The van der Waals surface area contributed by atoms with E-state index in [9.17, 15) is 9.59 Å². The molecule has 0 aromatic carbocycles. The molecule has 0 bridgehead atoms. The summed E-state index contributed by atoms with van der Waals surface area (Å²) in [4.78, 5) is 31.0. The van der Waals surface area contributed by atoms with E-state index < -0.39 is 12.0 Å². The number of carboxylic acid groups (broad SMARTS) is 1. The van der Waals surface area contributed by atoms with E-state index in [-0.39, 0.29) is 12.3 Å². The maximum absolute atomic E-state index is 12.3. The van der Waals surface area contributed by atoms with E-state index in [1.807, 2.05) is 24.0 Å². The van der Waals surface area contributed by atoms with Crippen molar-refractivity contribution in [1.82, 2.24) is 14.8 Å². The summed E-state index contributed by atoms with van der Waals surface area (Å²) in [5.41, 5.74) is 0.987. The molecule has 1 unspecified atom stereocenters. The number of piperazine rings is 1. The Morgan fingerprint density at radius 1 is 1.50 bits per heavy atom. The Kier molecular flexibility index (Phi) is 4.68. The summed E-state index contributed by atoms with van der Waals surface area (Å²) in [6, 6.07) is 3.19. The van der Waals surface area contributed by atoms with Crippen molar-refractivity contribution in [1.29, 1.82) is 0 Å². The maximum atomic E-state index is 12.3. The third-order valence-electron chi connectivity index (χ3n) is 3.55. The Morgan fingerprint density at radius 3 is 2.90 bits per heavy atom. The van der Waals surface area contributed by atoms with Gasteiger partial charge in [0, 0.05) is 38.6 Å². The highest BCUT2D eigenvalue weighted by atomic mass is 16.4. The van der Waals surface area contributed by atoms with Crippen molar-refractivity contribution in [3.05, 3.63) is 30.1 Å². The van der Waals surface area contributed by atoms with Crippen molar-refractivity contribution < 1.29 is 14.7 Å². The van der Waals surface area contributed by atoms with Crippen LogP contribution in [0.4, 0.5) is 0 Å². The van der Waals surface area contributed by atoms with E-state index in [4.69, 9.17) is 5.11 Å². The zero-order valence-corrected chi connectivity index (χ0v) is 11.5. The quantitative estimate of drug-likeness (QED) is 0.852. The number of carbonyl (C=O) groups excluding carboxylic acids is 1. The van der Waals surface area contributed by atoms with Gasteiger partial charge in [-0.3, -0.25) is 19.5 Å². The normalized spacial score (nSPS) is 20.1. The predicted molar refractivity (Wildman–Crippen MR) is 72.9 cm³/mol. The van der Waals surface area contributed by atoms with Crippen molar-refractivity contribution in [2.24, 2.45) is 0 Å². The average Bonchev–Trinajstić information content (AvgIpc) is 2.44. The molecule has 1 N–H and O–H groups in total. The van der Waals surface area contributed by atoms with Gasteiger partial charge in [0.2, 0.25) is 5.91 Å². The van der Waals surface area contributed by atoms with Crippen LogP contribution in [0.15, 0.2) is 24.5 Å². The number of rotatable bonds is 5. The van der Waals surface area contributed by atoms with Gasteiger partial charge in [0.05, 0.1) is 6.42 Å². The minimum atomic E-state index is -0.947. The minimum absolute atomic E-state index is 0.0926. The van der Waals surface area contributed by atoms with Gasteiger partial charge < -0.3 is 10.0 Å². The molecule has 0 radical (unpaired) electrons. The van der Waals surface area contributed by atoms with E-state index in [1.165, 1.54) is 0 Å². The van der Waals surface area contributed by atoms with E-state index >= 15 is 0 Å². The molecule has 2 rings (SSSR count). The lowest BCUT2D eigenvalue weighted by Gasteiger charge is -2.39. The van der Waals surface area contributed by atoms with Crippen LogP contribution in [-0.4, -0.2) is 57.4 Å². The molecular weight excluding hydrogens is 258 g/mol. The second-order valence-electron chi connectivity index (χ2n) is 4.86. The molecule has 6 nitrogen and oxygen atoms in total. The summed E-state index contributed by atoms with van der Waals surface area (Å²) in [6.45, 7) is 4.41. The molecule has 1 aromatic rings. The van der Waals surface area contributed by atoms with Crippen LogP contribution in [0.25, 0.3) is 0 Å². The topological polar surface area (TPSA) is 73.7 Å². The number of nitrogens with zero attached hydrogens (tertiary/aromatic N) is 3. The molecule has 1 aromatic heterocycles. The van der Waals surface area contributed by atoms with Gasteiger partial charge in [-0.2, -0.15) is 0 Å². The van der Waals surface area contributed by atoms with Gasteiger partial charge in [-0.05, 0) is 18.6 Å². The molecule has 1 aliphatic rings. The summed E-state index contributed by atoms with van der Waals surface area (Å²) in [5, 5.41) is 9.02. The molecule has 1 aliphatic heterocycles. The fourth-order valence-electron chi connectivity index (χ4n) is 2.49. The number of pyridine rings is 1. The highest BCUT2D eigenvalue weighted by molar-refractivity contribution is 5.86. The highest BCUT2D eigenvalue weighted by Crippen LogP contribution is 2.17. The Bertz CT molecular complexity index is 478. The Labute approximate surface area is 118 Å². The first kappa shape index (κ1) is 14.5. The number of hydrogen-bond acceptors (Lipinski definition) is 4. The molecule has 1 amide bonds. The van der Waals surface area contributed by atoms with Crippen LogP contribution in [0, 0.1) is 0 Å². The van der Waals surface area contributed by atoms with E-state index in [0.29, 0.717) is 26.2 Å². The average molecular weight is 277 g/mol. The summed E-state index contributed by atoms with van der Waals surface area (Å²) in [5.74, 6) is -1.04. The fraction of sp³-hybridized carbons (Fsp3) is 0.500. The largest absolute Gasteiger partial charge is 0.481 e. The van der Waals surface area contributed by atoms with Crippen molar-refractivity contribution in [3.8, 4) is 0 Å². The number of aromatic nitrogens is 1. The molecule has 0 aliphatic carbocycles. The number of aliphatic carboxylic acids is 1. The van der Waals surface area contributed by atoms with Crippen molar-refractivity contribution in [2.45, 2.75) is 25.9 Å². The lowest BCUT2D eigenvalue weighted by Crippen LogP contribution is -2.57. The first-order valence-corrected chi connectivity index (χ1v) is 6.75. The van der Waals surface area contributed by atoms with E-state index in [2.05, 4.69) is 4.98 Å². The predicted octanol–water partition coefficient (Wildman–Crippen LogP) is 0.589. The maximum Gasteiger partial charge on any atom is 0.305 e. The summed E-state index contributed by atoms with van der Waals surface area (Å²) in [7, 11) is 0. The number of likely N-dealkylation sites (N-methyl/N-ethyl adjacent to an activating group) is 1. The molecule has 0 spiro atoms. The molecule has 1 saturated heterocycles. The lowest BCUT2D eigenvalue weighted by molar-refractivity contribution is -0.149. The molecule has 1 atom stereocenters. The number of carbonyl (C=O) groups is 2. The summed E-state index contributed by atoms with van der Waals surface area (Å²) >= 11 is 0. The second-order valence-corrected chi connectivity index (χ2v) is 4.86. The van der Waals surface area contributed by atoms with Gasteiger partial charge >= 0.3 is 5.97 Å². The van der Waals surface area contributed by atoms with Gasteiger partial charge in [-0.25, -0.2) is 0 Å². The van der Waals surface area contributed by atoms with E-state index in [1.54, 1.807) is 17.3 Å². The SMILES string of the molecule is CCN1CCN(Cc2cccnc2)C(CC(=O)O)C1=O. The van der Waals surface area contributed by atoms with Crippen LogP contribution in [0.5, 0.6) is 0 Å². The standard InChI is InChI=1S/C14H19N3O3/c1-2-16-6-7-17(10-11-4-3-5-15-9-11)12(14(16)20)8-13(18)19/h3-5,9,12H,2,6-8,10H2,1H3,(H,18,19). The molecular formula is C14H19N3O3. The fourth-order valence-corrected chi connectivity index (χ4v) is 2.49. The number of carboxylic acids is 1. The third-order valence-corrected chi connectivity index (χ3v) is 3.55. The van der Waals surface area contributed by atoms with Crippen LogP contribution >= 0.6 is 0 Å².